The van der Waals surface area contributed by atoms with Gasteiger partial charge in [0, 0.05) is 6.54 Å². The third-order valence-corrected chi connectivity index (χ3v) is 3.76. The second kappa shape index (κ2) is 5.66. The van der Waals surface area contributed by atoms with E-state index in [0.717, 1.165) is 26.2 Å². The third kappa shape index (κ3) is 3.74. The Kier molecular flexibility index (Phi) is 4.16. The number of nitrogens with one attached hydrogen (secondary N) is 1. The number of rotatable bonds is 4. The summed E-state index contributed by atoms with van der Waals surface area (Å²) in [4.78, 5) is 13.7. The van der Waals surface area contributed by atoms with Crippen molar-refractivity contribution in [3.8, 4) is 0 Å². The van der Waals surface area contributed by atoms with E-state index in [-0.39, 0.29) is 5.69 Å². The van der Waals surface area contributed by atoms with Crippen molar-refractivity contribution < 1.29 is 4.79 Å². The van der Waals surface area contributed by atoms with Gasteiger partial charge in [0.2, 0.25) is 0 Å². The molecule has 2 rings (SSSR count). The largest absolute Gasteiger partial charge is 0.301 e. The van der Waals surface area contributed by atoms with Gasteiger partial charge in [0.15, 0.2) is 5.69 Å². The van der Waals surface area contributed by atoms with Crippen LogP contribution in [-0.2, 0) is 6.54 Å². The van der Waals surface area contributed by atoms with Crippen molar-refractivity contribution in [2.75, 3.05) is 19.6 Å². The van der Waals surface area contributed by atoms with Crippen LogP contribution in [-0.4, -0.2) is 45.4 Å². The van der Waals surface area contributed by atoms with Crippen LogP contribution >= 0.6 is 0 Å². The number of likely N-dealkylation sites (tertiary alicyclic amines) is 1. The van der Waals surface area contributed by atoms with Crippen LogP contribution in [0.25, 0.3) is 0 Å². The summed E-state index contributed by atoms with van der Waals surface area (Å²) in [6.45, 7) is 8.56. The first-order valence-corrected chi connectivity index (χ1v) is 6.64. The van der Waals surface area contributed by atoms with Crippen LogP contribution in [0.2, 0.25) is 0 Å². The van der Waals surface area contributed by atoms with Crippen LogP contribution in [0, 0.1) is 5.41 Å². The maximum Gasteiger partial charge on any atom is 0.287 e. The highest BCUT2D eigenvalue weighted by molar-refractivity contribution is 5.91. The molecule has 7 heteroatoms. The molecule has 1 amide bonds. The van der Waals surface area contributed by atoms with Gasteiger partial charge in [0.1, 0.15) is 0 Å². The minimum atomic E-state index is -0.411. The molecule has 106 valence electrons. The second-order valence-corrected chi connectivity index (χ2v) is 5.85. The molecule has 0 atom stereocenters. The summed E-state index contributed by atoms with van der Waals surface area (Å²) in [6.07, 6.45) is 4.08. The molecule has 1 aliphatic heterocycles. The predicted octanol–water partition coefficient (Wildman–Crippen LogP) is 0.00360. The van der Waals surface area contributed by atoms with Crippen molar-refractivity contribution in [3.05, 3.63) is 11.9 Å². The maximum absolute atomic E-state index is 11.2. The van der Waals surface area contributed by atoms with Gasteiger partial charge in [-0.1, -0.05) is 19.1 Å². The SMILES string of the molecule is CC1(C)CCN(CCn2cc(C(=O)NN)nn2)CC1. The molecule has 0 unspecified atom stereocenters. The summed E-state index contributed by atoms with van der Waals surface area (Å²) < 4.78 is 1.68. The van der Waals surface area contributed by atoms with Crippen LogP contribution < -0.4 is 11.3 Å². The molecule has 1 aromatic rings. The Balaban J connectivity index is 1.80. The van der Waals surface area contributed by atoms with E-state index in [1.165, 1.54) is 12.8 Å². The van der Waals surface area contributed by atoms with Crippen LogP contribution in [0.1, 0.15) is 37.2 Å². The van der Waals surface area contributed by atoms with Gasteiger partial charge in [-0.05, 0) is 31.3 Å². The Labute approximate surface area is 113 Å². The molecule has 3 N–H and O–H groups in total. The van der Waals surface area contributed by atoms with Gasteiger partial charge in [-0.15, -0.1) is 5.10 Å². The molecular formula is C12H22N6O. The first-order valence-electron chi connectivity index (χ1n) is 6.64. The van der Waals surface area contributed by atoms with Crippen molar-refractivity contribution in [1.82, 2.24) is 25.3 Å². The zero-order chi connectivity index (χ0) is 13.9. The Morgan fingerprint density at radius 3 is 2.74 bits per heavy atom. The molecule has 2 heterocycles. The molecule has 0 spiro atoms. The second-order valence-electron chi connectivity index (χ2n) is 5.85. The molecule has 0 bridgehead atoms. The van der Waals surface area contributed by atoms with Gasteiger partial charge >= 0.3 is 0 Å². The monoisotopic (exact) mass is 266 g/mol. The quantitative estimate of drug-likeness (QED) is 0.455. The van der Waals surface area contributed by atoms with E-state index in [1.807, 2.05) is 5.43 Å². The summed E-state index contributed by atoms with van der Waals surface area (Å²) in [5.74, 6) is 4.63. The summed E-state index contributed by atoms with van der Waals surface area (Å²) in [5.41, 5.74) is 2.76. The molecule has 1 aromatic heterocycles. The van der Waals surface area contributed by atoms with Gasteiger partial charge in [-0.25, -0.2) is 5.84 Å². The highest BCUT2D eigenvalue weighted by Crippen LogP contribution is 2.29. The summed E-state index contributed by atoms with van der Waals surface area (Å²) in [6, 6.07) is 0. The van der Waals surface area contributed by atoms with Gasteiger partial charge in [0.05, 0.1) is 12.7 Å². The normalized spacial score (nSPS) is 19.3. The number of nitrogens with zero attached hydrogens (tertiary/aromatic N) is 4. The molecule has 1 aliphatic rings. The molecule has 0 radical (unpaired) electrons. The summed E-state index contributed by atoms with van der Waals surface area (Å²) >= 11 is 0. The first-order chi connectivity index (χ1) is 9.00. The average molecular weight is 266 g/mol. The number of piperidine rings is 1. The Bertz CT molecular complexity index is 431. The zero-order valence-corrected chi connectivity index (χ0v) is 11.6. The van der Waals surface area contributed by atoms with Gasteiger partial charge in [-0.2, -0.15) is 0 Å². The number of hydrogen-bond acceptors (Lipinski definition) is 5. The smallest absolute Gasteiger partial charge is 0.287 e. The molecule has 0 saturated carbocycles. The highest BCUT2D eigenvalue weighted by atomic mass is 16.2. The van der Waals surface area contributed by atoms with Crippen molar-refractivity contribution in [2.24, 2.45) is 11.3 Å². The number of nitrogen functional groups attached to an aromatic ring is 1. The number of hydrazine groups is 1. The number of carbonyl (C=O) groups is 1. The summed E-state index contributed by atoms with van der Waals surface area (Å²) in [7, 11) is 0. The molecular weight excluding hydrogens is 244 g/mol. The minimum absolute atomic E-state index is 0.252. The van der Waals surface area contributed by atoms with Crippen LogP contribution in [0.5, 0.6) is 0 Å². The van der Waals surface area contributed by atoms with Gasteiger partial charge < -0.3 is 4.90 Å². The lowest BCUT2D eigenvalue weighted by molar-refractivity contribution is 0.0948. The zero-order valence-electron chi connectivity index (χ0n) is 11.6. The van der Waals surface area contributed by atoms with Crippen LogP contribution in [0.3, 0.4) is 0 Å². The number of aromatic nitrogens is 3. The lowest BCUT2D eigenvalue weighted by Gasteiger charge is -2.36. The number of hydrogen-bond donors (Lipinski definition) is 2. The van der Waals surface area contributed by atoms with E-state index in [4.69, 9.17) is 5.84 Å². The number of amides is 1. The molecule has 7 nitrogen and oxygen atoms in total. The first kappa shape index (κ1) is 14.0. The number of carbonyl (C=O) groups excluding carboxylic acids is 1. The fourth-order valence-electron chi connectivity index (χ4n) is 2.21. The van der Waals surface area contributed by atoms with Crippen molar-refractivity contribution in [1.29, 1.82) is 0 Å². The molecule has 1 fully saturated rings. The van der Waals surface area contributed by atoms with E-state index in [1.54, 1.807) is 10.9 Å². The van der Waals surface area contributed by atoms with Crippen LogP contribution in [0.4, 0.5) is 0 Å². The predicted molar refractivity (Wildman–Crippen MR) is 71.1 cm³/mol. The lowest BCUT2D eigenvalue weighted by Crippen LogP contribution is -2.38. The van der Waals surface area contributed by atoms with E-state index in [0.29, 0.717) is 5.41 Å². The molecule has 19 heavy (non-hydrogen) atoms. The average Bonchev–Trinajstić information content (AvgIpc) is 2.85. The fourth-order valence-corrected chi connectivity index (χ4v) is 2.21. The highest BCUT2D eigenvalue weighted by Gasteiger charge is 2.24. The van der Waals surface area contributed by atoms with E-state index < -0.39 is 5.91 Å². The van der Waals surface area contributed by atoms with Crippen molar-refractivity contribution in [2.45, 2.75) is 33.2 Å². The van der Waals surface area contributed by atoms with Crippen molar-refractivity contribution >= 4 is 5.91 Å². The summed E-state index contributed by atoms with van der Waals surface area (Å²) in [5, 5.41) is 7.70. The van der Waals surface area contributed by atoms with E-state index in [2.05, 4.69) is 29.1 Å². The van der Waals surface area contributed by atoms with Crippen molar-refractivity contribution in [3.63, 3.8) is 0 Å². The van der Waals surface area contributed by atoms with E-state index >= 15 is 0 Å². The molecule has 0 aliphatic carbocycles. The van der Waals surface area contributed by atoms with E-state index in [9.17, 15) is 4.79 Å². The molecule has 0 aromatic carbocycles. The van der Waals surface area contributed by atoms with Gasteiger partial charge in [0.25, 0.3) is 5.91 Å². The standard InChI is InChI=1S/C12H22N6O/c1-12(2)3-5-17(6-4-12)7-8-18-9-10(15-16-18)11(19)14-13/h9H,3-8,13H2,1-2H3,(H,14,19). The molecule has 1 saturated heterocycles. The lowest BCUT2D eigenvalue weighted by atomic mass is 9.83. The number of nitrogens with two attached hydrogens (primary N) is 1. The Morgan fingerprint density at radius 2 is 2.11 bits per heavy atom. The Hall–Kier alpha value is -1.47. The Morgan fingerprint density at radius 1 is 1.42 bits per heavy atom. The minimum Gasteiger partial charge on any atom is -0.301 e. The van der Waals surface area contributed by atoms with Gasteiger partial charge in [-0.3, -0.25) is 14.9 Å². The third-order valence-electron chi connectivity index (χ3n) is 3.76. The topological polar surface area (TPSA) is 89.1 Å². The van der Waals surface area contributed by atoms with Crippen LogP contribution in [0.15, 0.2) is 6.20 Å². The maximum atomic E-state index is 11.2. The fraction of sp³-hybridized carbons (Fsp3) is 0.750.